The molecule has 7 heteroatoms. The van der Waals surface area contributed by atoms with E-state index in [9.17, 15) is 4.79 Å². The number of thiazole rings is 1. The number of fused-ring (bicyclic) bond motifs is 1. The van der Waals surface area contributed by atoms with Gasteiger partial charge in [0.2, 0.25) is 9.58 Å². The Morgan fingerprint density at radius 3 is 2.48 bits per heavy atom. The molecule has 0 spiro atoms. The van der Waals surface area contributed by atoms with E-state index < -0.39 is 3.79 Å². The molecule has 0 bridgehead atoms. The van der Waals surface area contributed by atoms with Crippen LogP contribution in [0.15, 0.2) is 42.5 Å². The van der Waals surface area contributed by atoms with Crippen LogP contribution >= 0.6 is 46.1 Å². The molecule has 3 aromatic rings. The summed E-state index contributed by atoms with van der Waals surface area (Å²) in [6.45, 7) is 0. The van der Waals surface area contributed by atoms with E-state index in [1.807, 2.05) is 24.3 Å². The summed E-state index contributed by atoms with van der Waals surface area (Å²) in [6.07, 6.45) is 0. The molecular formula is C14H7Cl3N2OS. The summed E-state index contributed by atoms with van der Waals surface area (Å²) >= 11 is 18.7. The number of benzene rings is 1. The number of pyridine rings is 1. The van der Waals surface area contributed by atoms with Gasteiger partial charge in [-0.15, -0.1) is 11.3 Å². The maximum atomic E-state index is 12.5. The Bertz CT molecular complexity index is 793. The number of rotatable bonds is 2. The van der Waals surface area contributed by atoms with E-state index in [0.717, 1.165) is 10.2 Å². The summed E-state index contributed by atoms with van der Waals surface area (Å²) in [5.74, 6) is -0.285. The van der Waals surface area contributed by atoms with E-state index in [1.54, 1.807) is 18.2 Å². The van der Waals surface area contributed by atoms with Gasteiger partial charge in [-0.25, -0.2) is 9.97 Å². The smallest absolute Gasteiger partial charge is 0.239 e. The van der Waals surface area contributed by atoms with Crippen LogP contribution in [0, 0.1) is 0 Å². The van der Waals surface area contributed by atoms with Crippen molar-refractivity contribution in [2.24, 2.45) is 0 Å². The van der Waals surface area contributed by atoms with E-state index in [2.05, 4.69) is 9.97 Å². The number of para-hydroxylation sites is 1. The van der Waals surface area contributed by atoms with Crippen molar-refractivity contribution < 1.29 is 4.79 Å². The van der Waals surface area contributed by atoms with Gasteiger partial charge in [-0.2, -0.15) is 0 Å². The molecule has 106 valence electrons. The third-order valence-corrected chi connectivity index (χ3v) is 4.38. The summed E-state index contributed by atoms with van der Waals surface area (Å²) in [5.41, 5.74) is 1.20. The lowest BCUT2D eigenvalue weighted by Crippen LogP contribution is -2.09. The van der Waals surface area contributed by atoms with Gasteiger partial charge in [0.1, 0.15) is 5.69 Å². The molecule has 21 heavy (non-hydrogen) atoms. The number of aromatic nitrogens is 2. The molecule has 1 aromatic carbocycles. The van der Waals surface area contributed by atoms with E-state index in [1.165, 1.54) is 11.3 Å². The lowest BCUT2D eigenvalue weighted by Gasteiger charge is -2.10. The largest absolute Gasteiger partial charge is 0.284 e. The molecule has 0 aliphatic rings. The Morgan fingerprint density at radius 2 is 1.76 bits per heavy atom. The fourth-order valence-corrected chi connectivity index (χ4v) is 3.03. The zero-order valence-corrected chi connectivity index (χ0v) is 13.5. The Morgan fingerprint density at radius 1 is 1.00 bits per heavy atom. The fraction of sp³-hybridized carbons (Fsp3) is 0.0714. The van der Waals surface area contributed by atoms with Gasteiger partial charge in [0.15, 0.2) is 5.01 Å². The van der Waals surface area contributed by atoms with Crippen molar-refractivity contribution >= 4 is 62.1 Å². The molecule has 0 unspecified atom stereocenters. The Balaban J connectivity index is 2.02. The zero-order chi connectivity index (χ0) is 15.0. The molecule has 0 amide bonds. The van der Waals surface area contributed by atoms with Gasteiger partial charge >= 0.3 is 0 Å². The number of carbonyl (C=O) groups is 1. The number of hydrogen-bond donors (Lipinski definition) is 0. The lowest BCUT2D eigenvalue weighted by molar-refractivity contribution is 0.103. The highest BCUT2D eigenvalue weighted by Gasteiger charge is 2.26. The second kappa shape index (κ2) is 5.54. The van der Waals surface area contributed by atoms with Crippen LogP contribution in [-0.2, 0) is 3.79 Å². The summed E-state index contributed by atoms with van der Waals surface area (Å²) in [6, 6.07) is 12.3. The van der Waals surface area contributed by atoms with Gasteiger partial charge in [-0.1, -0.05) is 53.0 Å². The molecule has 2 heterocycles. The average molecular weight is 358 g/mol. The van der Waals surface area contributed by atoms with Crippen LogP contribution in [0.3, 0.4) is 0 Å². The van der Waals surface area contributed by atoms with Crippen molar-refractivity contribution in [3.8, 4) is 0 Å². The molecule has 0 saturated carbocycles. The van der Waals surface area contributed by atoms with Crippen LogP contribution in [0.2, 0.25) is 0 Å². The van der Waals surface area contributed by atoms with Crippen molar-refractivity contribution in [2.75, 3.05) is 0 Å². The van der Waals surface area contributed by atoms with Gasteiger partial charge in [-0.3, -0.25) is 4.79 Å². The van der Waals surface area contributed by atoms with Crippen LogP contribution in [-0.4, -0.2) is 15.8 Å². The third-order valence-electron chi connectivity index (χ3n) is 2.76. The predicted octanol–water partition coefficient (Wildman–Crippen LogP) is 4.75. The van der Waals surface area contributed by atoms with Crippen LogP contribution in [0.4, 0.5) is 0 Å². The first kappa shape index (κ1) is 14.7. The highest BCUT2D eigenvalue weighted by Crippen LogP contribution is 2.37. The van der Waals surface area contributed by atoms with Crippen molar-refractivity contribution in [1.29, 1.82) is 0 Å². The lowest BCUT2D eigenvalue weighted by atomic mass is 10.2. The van der Waals surface area contributed by atoms with Gasteiger partial charge in [0.25, 0.3) is 0 Å². The normalized spacial score (nSPS) is 11.8. The minimum absolute atomic E-state index is 0.206. The van der Waals surface area contributed by atoms with Crippen LogP contribution in [0.1, 0.15) is 21.2 Å². The quantitative estimate of drug-likeness (QED) is 0.491. The fourth-order valence-electron chi connectivity index (χ4n) is 1.80. The minimum atomic E-state index is -1.66. The molecule has 0 aliphatic heterocycles. The van der Waals surface area contributed by atoms with Crippen molar-refractivity contribution in [1.82, 2.24) is 9.97 Å². The number of hydrogen-bond acceptors (Lipinski definition) is 4. The Labute approximate surface area is 139 Å². The molecule has 0 aliphatic carbocycles. The summed E-state index contributed by atoms with van der Waals surface area (Å²) < 4.78 is -0.720. The molecule has 2 aromatic heterocycles. The highest BCUT2D eigenvalue weighted by atomic mass is 35.6. The highest BCUT2D eigenvalue weighted by molar-refractivity contribution is 7.20. The molecule has 0 fully saturated rings. The van der Waals surface area contributed by atoms with E-state index >= 15 is 0 Å². The number of ketones is 1. The molecule has 0 N–H and O–H groups in total. The maximum absolute atomic E-state index is 12.5. The van der Waals surface area contributed by atoms with Gasteiger partial charge in [0.05, 0.1) is 15.9 Å². The standard InChI is InChI=1S/C14H7Cl3N2OS/c15-14(16,17)11-7-3-5-9(18-11)12(20)13-19-8-4-1-2-6-10(8)21-13/h1-7H. The van der Waals surface area contributed by atoms with Gasteiger partial charge in [-0.05, 0) is 24.3 Å². The number of alkyl halides is 3. The molecule has 0 atom stereocenters. The molecular weight excluding hydrogens is 351 g/mol. The number of nitrogens with zero attached hydrogens (tertiary/aromatic N) is 2. The molecule has 3 nitrogen and oxygen atoms in total. The molecule has 0 saturated heterocycles. The first-order valence-electron chi connectivity index (χ1n) is 5.90. The predicted molar refractivity (Wildman–Crippen MR) is 86.5 cm³/mol. The average Bonchev–Trinajstić information content (AvgIpc) is 2.89. The summed E-state index contributed by atoms with van der Waals surface area (Å²) in [4.78, 5) is 20.9. The van der Waals surface area contributed by atoms with Gasteiger partial charge in [0, 0.05) is 0 Å². The summed E-state index contributed by atoms with van der Waals surface area (Å²) in [7, 11) is 0. The van der Waals surface area contributed by atoms with E-state index in [-0.39, 0.29) is 17.2 Å². The van der Waals surface area contributed by atoms with Crippen LogP contribution < -0.4 is 0 Å². The maximum Gasteiger partial charge on any atom is 0.239 e. The Kier molecular flexibility index (Phi) is 3.88. The minimum Gasteiger partial charge on any atom is -0.284 e. The van der Waals surface area contributed by atoms with Crippen molar-refractivity contribution in [2.45, 2.75) is 3.79 Å². The second-order valence-electron chi connectivity index (χ2n) is 4.22. The molecule has 3 rings (SSSR count). The first-order valence-corrected chi connectivity index (χ1v) is 7.85. The molecule has 0 radical (unpaired) electrons. The SMILES string of the molecule is O=C(c1cccc(C(Cl)(Cl)Cl)n1)c1nc2ccccc2s1. The number of carbonyl (C=O) groups excluding carboxylic acids is 1. The Hall–Kier alpha value is -1.20. The van der Waals surface area contributed by atoms with Crippen molar-refractivity contribution in [3.05, 3.63) is 58.9 Å². The van der Waals surface area contributed by atoms with Crippen molar-refractivity contribution in [3.63, 3.8) is 0 Å². The first-order chi connectivity index (χ1) is 9.95. The monoisotopic (exact) mass is 356 g/mol. The van der Waals surface area contributed by atoms with E-state index in [4.69, 9.17) is 34.8 Å². The third kappa shape index (κ3) is 3.04. The topological polar surface area (TPSA) is 42.9 Å². The summed E-state index contributed by atoms with van der Waals surface area (Å²) in [5, 5.41) is 0.366. The van der Waals surface area contributed by atoms with Crippen LogP contribution in [0.25, 0.3) is 10.2 Å². The zero-order valence-electron chi connectivity index (χ0n) is 10.4. The van der Waals surface area contributed by atoms with E-state index in [0.29, 0.717) is 5.01 Å². The van der Waals surface area contributed by atoms with Crippen LogP contribution in [0.5, 0.6) is 0 Å². The second-order valence-corrected chi connectivity index (χ2v) is 7.53. The van der Waals surface area contributed by atoms with Gasteiger partial charge < -0.3 is 0 Å². The number of halogens is 3.